The van der Waals surface area contributed by atoms with Gasteiger partial charge in [0.05, 0.1) is 11.1 Å². The van der Waals surface area contributed by atoms with E-state index in [1.807, 2.05) is 7.05 Å². The van der Waals surface area contributed by atoms with Crippen LogP contribution in [0, 0.1) is 0 Å². The van der Waals surface area contributed by atoms with Crippen LogP contribution in [0.15, 0.2) is 24.1 Å². The van der Waals surface area contributed by atoms with Gasteiger partial charge in [-0.1, -0.05) is 13.3 Å². The minimum atomic E-state index is -0.224. The third kappa shape index (κ3) is 3.50. The zero-order valence-electron chi connectivity index (χ0n) is 12.9. The largest absolute Gasteiger partial charge is 0.353 e. The molecule has 1 aliphatic heterocycles. The SMILES string of the molecule is CCCc1nn(C)c2c(NC3C=CC(F)=CCS3)nc(Cl)nc12. The minimum absolute atomic E-state index is 0.0989. The van der Waals surface area contributed by atoms with Gasteiger partial charge in [0.25, 0.3) is 0 Å². The third-order valence-electron chi connectivity index (χ3n) is 3.47. The number of aromatic nitrogens is 4. The van der Waals surface area contributed by atoms with Gasteiger partial charge in [0.1, 0.15) is 16.9 Å². The number of halogens is 2. The van der Waals surface area contributed by atoms with Gasteiger partial charge in [-0.25, -0.2) is 9.37 Å². The predicted octanol–water partition coefficient (Wildman–Crippen LogP) is 3.86. The Labute approximate surface area is 143 Å². The molecule has 1 atom stereocenters. The summed E-state index contributed by atoms with van der Waals surface area (Å²) in [4.78, 5) is 8.64. The van der Waals surface area contributed by atoms with E-state index in [2.05, 4.69) is 27.3 Å². The van der Waals surface area contributed by atoms with Crippen LogP contribution in [0.4, 0.5) is 10.2 Å². The van der Waals surface area contributed by atoms with Gasteiger partial charge in [-0.2, -0.15) is 10.1 Å². The van der Waals surface area contributed by atoms with Crippen LogP contribution in [0.5, 0.6) is 0 Å². The van der Waals surface area contributed by atoms with E-state index in [1.54, 1.807) is 28.6 Å². The lowest BCUT2D eigenvalue weighted by Crippen LogP contribution is -2.15. The molecule has 0 amide bonds. The van der Waals surface area contributed by atoms with Crippen molar-refractivity contribution in [2.24, 2.45) is 7.05 Å². The van der Waals surface area contributed by atoms with Gasteiger partial charge in [-0.15, -0.1) is 11.8 Å². The molecule has 0 saturated carbocycles. The van der Waals surface area contributed by atoms with Gasteiger partial charge in [0.2, 0.25) is 5.28 Å². The maximum atomic E-state index is 13.3. The van der Waals surface area contributed by atoms with Crippen molar-refractivity contribution in [3.05, 3.63) is 35.0 Å². The van der Waals surface area contributed by atoms with Crippen LogP contribution >= 0.6 is 23.4 Å². The molecule has 0 radical (unpaired) electrons. The maximum absolute atomic E-state index is 13.3. The second-order valence-electron chi connectivity index (χ2n) is 5.21. The number of rotatable bonds is 4. The molecule has 1 unspecified atom stereocenters. The first-order chi connectivity index (χ1) is 11.1. The number of nitrogens with zero attached hydrogens (tertiary/aromatic N) is 4. The minimum Gasteiger partial charge on any atom is -0.353 e. The highest BCUT2D eigenvalue weighted by Gasteiger charge is 2.18. The summed E-state index contributed by atoms with van der Waals surface area (Å²) < 4.78 is 15.1. The van der Waals surface area contributed by atoms with E-state index in [-0.39, 0.29) is 16.5 Å². The van der Waals surface area contributed by atoms with Crippen LogP contribution in [0.1, 0.15) is 19.0 Å². The van der Waals surface area contributed by atoms with E-state index in [4.69, 9.17) is 11.6 Å². The number of anilines is 1. The molecule has 1 aliphatic rings. The lowest BCUT2D eigenvalue weighted by Gasteiger charge is -2.14. The van der Waals surface area contributed by atoms with E-state index in [1.165, 1.54) is 6.08 Å². The summed E-state index contributed by atoms with van der Waals surface area (Å²) in [5, 5.41) is 7.91. The maximum Gasteiger partial charge on any atom is 0.225 e. The highest BCUT2D eigenvalue weighted by atomic mass is 35.5. The van der Waals surface area contributed by atoms with Gasteiger partial charge < -0.3 is 5.32 Å². The van der Waals surface area contributed by atoms with Crippen molar-refractivity contribution in [1.29, 1.82) is 0 Å². The monoisotopic (exact) mass is 353 g/mol. The van der Waals surface area contributed by atoms with Crippen molar-refractivity contribution in [2.45, 2.75) is 25.1 Å². The number of nitrogens with one attached hydrogen (secondary N) is 1. The van der Waals surface area contributed by atoms with E-state index in [9.17, 15) is 4.39 Å². The van der Waals surface area contributed by atoms with E-state index in [0.29, 0.717) is 11.6 Å². The second kappa shape index (κ2) is 6.88. The first-order valence-corrected chi connectivity index (χ1v) is 8.82. The summed E-state index contributed by atoms with van der Waals surface area (Å²) >= 11 is 7.66. The molecular weight excluding hydrogens is 337 g/mol. The first kappa shape index (κ1) is 16.3. The zero-order chi connectivity index (χ0) is 16.4. The molecule has 23 heavy (non-hydrogen) atoms. The standard InChI is InChI=1S/C15H17ClFN5S/c1-3-4-10-12-13(22(2)21-10)14(20-15(16)19-12)18-11-6-5-9(17)7-8-23-11/h5-7,11H,3-4,8H2,1-2H3,(H,18,19,20). The number of allylic oxidation sites excluding steroid dienone is 2. The summed E-state index contributed by atoms with van der Waals surface area (Å²) in [5.41, 5.74) is 2.49. The van der Waals surface area contributed by atoms with Gasteiger partial charge in [-0.05, 0) is 36.2 Å². The quantitative estimate of drug-likeness (QED) is 0.846. The Bertz CT molecular complexity index is 786. The Morgan fingerprint density at radius 3 is 3.09 bits per heavy atom. The number of thioether (sulfide) groups is 1. The molecule has 122 valence electrons. The van der Waals surface area contributed by atoms with Crippen LogP contribution in [-0.4, -0.2) is 30.9 Å². The molecule has 3 rings (SSSR count). The molecule has 2 aromatic heterocycles. The van der Waals surface area contributed by atoms with Gasteiger partial charge >= 0.3 is 0 Å². The summed E-state index contributed by atoms with van der Waals surface area (Å²) in [7, 11) is 1.86. The molecule has 0 saturated heterocycles. The van der Waals surface area contributed by atoms with Crippen molar-refractivity contribution in [3.63, 3.8) is 0 Å². The Morgan fingerprint density at radius 2 is 2.30 bits per heavy atom. The Hall–Kier alpha value is -1.60. The van der Waals surface area contributed by atoms with Crippen molar-refractivity contribution in [1.82, 2.24) is 19.7 Å². The fourth-order valence-corrected chi connectivity index (χ4v) is 3.49. The van der Waals surface area contributed by atoms with E-state index >= 15 is 0 Å². The summed E-state index contributed by atoms with van der Waals surface area (Å²) in [6.45, 7) is 2.09. The topological polar surface area (TPSA) is 55.6 Å². The third-order valence-corrected chi connectivity index (χ3v) is 4.64. The van der Waals surface area contributed by atoms with Crippen LogP contribution in [-0.2, 0) is 13.5 Å². The van der Waals surface area contributed by atoms with Crippen LogP contribution in [0.25, 0.3) is 11.0 Å². The average molecular weight is 354 g/mol. The average Bonchev–Trinajstić information content (AvgIpc) is 2.67. The molecule has 0 fully saturated rings. The van der Waals surface area contributed by atoms with Crippen molar-refractivity contribution in [3.8, 4) is 0 Å². The smallest absolute Gasteiger partial charge is 0.225 e. The summed E-state index contributed by atoms with van der Waals surface area (Å²) in [5.74, 6) is 0.977. The van der Waals surface area contributed by atoms with Crippen LogP contribution in [0.2, 0.25) is 5.28 Å². The molecule has 5 nitrogen and oxygen atoms in total. The number of fused-ring (bicyclic) bond motifs is 1. The molecule has 8 heteroatoms. The fraction of sp³-hybridized carbons (Fsp3) is 0.400. The van der Waals surface area contributed by atoms with Gasteiger partial charge in [0, 0.05) is 12.8 Å². The number of hydrogen-bond donors (Lipinski definition) is 1. The summed E-state index contributed by atoms with van der Waals surface area (Å²) in [6, 6.07) is 0. The van der Waals surface area contributed by atoms with Crippen LogP contribution in [0.3, 0.4) is 0 Å². The van der Waals surface area contributed by atoms with Crippen molar-refractivity contribution in [2.75, 3.05) is 11.1 Å². The van der Waals surface area contributed by atoms with E-state index < -0.39 is 0 Å². The molecule has 1 N–H and O–H groups in total. The Balaban J connectivity index is 1.99. The molecule has 2 aromatic rings. The second-order valence-corrected chi connectivity index (χ2v) is 6.72. The molecular formula is C15H17ClFN5S. The Morgan fingerprint density at radius 1 is 1.48 bits per heavy atom. The summed E-state index contributed by atoms with van der Waals surface area (Å²) in [6.07, 6.45) is 6.59. The number of hydrogen-bond acceptors (Lipinski definition) is 5. The molecule has 0 aromatic carbocycles. The first-order valence-electron chi connectivity index (χ1n) is 7.39. The highest BCUT2D eigenvalue weighted by Crippen LogP contribution is 2.28. The normalized spacial score (nSPS) is 18.1. The molecule has 0 bridgehead atoms. The Kier molecular flexibility index (Phi) is 4.87. The highest BCUT2D eigenvalue weighted by molar-refractivity contribution is 8.00. The predicted molar refractivity (Wildman–Crippen MR) is 93.5 cm³/mol. The van der Waals surface area contributed by atoms with Crippen LogP contribution < -0.4 is 5.32 Å². The molecule has 3 heterocycles. The molecule has 0 aliphatic carbocycles. The lowest BCUT2D eigenvalue weighted by molar-refractivity contribution is 0.665. The zero-order valence-corrected chi connectivity index (χ0v) is 14.5. The van der Waals surface area contributed by atoms with E-state index in [0.717, 1.165) is 29.6 Å². The number of aryl methyl sites for hydroxylation is 2. The van der Waals surface area contributed by atoms with Crippen molar-refractivity contribution < 1.29 is 4.39 Å². The van der Waals surface area contributed by atoms with Gasteiger partial charge in [0.15, 0.2) is 5.82 Å². The van der Waals surface area contributed by atoms with Gasteiger partial charge in [-0.3, -0.25) is 4.68 Å². The fourth-order valence-electron chi connectivity index (χ4n) is 2.48. The molecule has 0 spiro atoms. The lowest BCUT2D eigenvalue weighted by atomic mass is 10.2. The van der Waals surface area contributed by atoms with Crippen molar-refractivity contribution >= 4 is 40.2 Å².